The van der Waals surface area contributed by atoms with E-state index < -0.39 is 8.07 Å². The molecule has 1 aliphatic carbocycles. The van der Waals surface area contributed by atoms with Gasteiger partial charge >= 0.3 is 26.2 Å². The fourth-order valence-electron chi connectivity index (χ4n) is 2.83. The third-order valence-electron chi connectivity index (χ3n) is 3.43. The first-order valence-electron chi connectivity index (χ1n) is 6.92. The van der Waals surface area contributed by atoms with Crippen LogP contribution in [-0.2, 0) is 26.2 Å². The maximum Gasteiger partial charge on any atom is 4.00 e. The molecule has 1 fully saturated rings. The minimum atomic E-state index is -1.00. The van der Waals surface area contributed by atoms with E-state index in [1.165, 1.54) is 25.4 Å². The van der Waals surface area contributed by atoms with Crippen molar-refractivity contribution in [3.63, 3.8) is 0 Å². The number of nitrogens with zero attached hydrogens (tertiary/aromatic N) is 3. The summed E-state index contributed by atoms with van der Waals surface area (Å²) in [5.74, 6) is 0.980. The Morgan fingerprint density at radius 3 is 1.60 bits per heavy atom. The molecule has 20 heavy (non-hydrogen) atoms. The minimum absolute atomic E-state index is 0. The van der Waals surface area contributed by atoms with Gasteiger partial charge in [-0.05, 0) is 11.5 Å². The molecule has 1 rings (SSSR count). The van der Waals surface area contributed by atoms with E-state index in [1.807, 2.05) is 7.05 Å². The molecule has 0 saturated heterocycles. The van der Waals surface area contributed by atoms with E-state index in [1.54, 1.807) is 28.2 Å². The Morgan fingerprint density at radius 1 is 0.950 bits per heavy atom. The second-order valence-corrected chi connectivity index (χ2v) is 10.9. The summed E-state index contributed by atoms with van der Waals surface area (Å²) in [5.41, 5.74) is 1.04. The zero-order chi connectivity index (χ0) is 14.6. The molecule has 120 valence electrons. The first-order chi connectivity index (χ1) is 8.40. The van der Waals surface area contributed by atoms with Crippen LogP contribution in [0, 0.1) is 13.3 Å². The number of hydrogen-bond acceptors (Lipinski definition) is 0. The first-order valence-corrected chi connectivity index (χ1v) is 10.2. The Labute approximate surface area is 149 Å². The molecule has 1 unspecified atom stereocenters. The predicted molar refractivity (Wildman–Crippen MR) is 95.2 cm³/mol. The average molecular weight is 379 g/mol. The summed E-state index contributed by atoms with van der Waals surface area (Å²) in [6.07, 6.45) is 5.58. The summed E-state index contributed by atoms with van der Waals surface area (Å²) < 4.78 is 0. The van der Waals surface area contributed by atoms with Crippen LogP contribution in [0.5, 0.6) is 0 Å². The maximum absolute atomic E-state index is 4.35. The van der Waals surface area contributed by atoms with E-state index in [2.05, 4.69) is 36.0 Å². The molecule has 0 aromatic heterocycles. The minimum Gasteiger partial charge on any atom is -0.668 e. The molecule has 0 aliphatic heterocycles. The fraction of sp³-hybridized carbons (Fsp3) is 0.933. The third-order valence-corrected chi connectivity index (χ3v) is 7.43. The summed E-state index contributed by atoms with van der Waals surface area (Å²) in [4.78, 5) is 0. The van der Waals surface area contributed by atoms with Crippen molar-refractivity contribution >= 4 is 8.07 Å². The Morgan fingerprint density at radius 2 is 1.35 bits per heavy atom. The molecular weight excluding hydrogens is 341 g/mol. The predicted octanol–water partition coefficient (Wildman–Crippen LogP) is 5.11. The normalized spacial score (nSPS) is 20.4. The first kappa shape index (κ1) is 29.0. The van der Waals surface area contributed by atoms with Crippen molar-refractivity contribution in [1.82, 2.24) is 0 Å². The monoisotopic (exact) mass is 377 g/mol. The van der Waals surface area contributed by atoms with Crippen LogP contribution in [-0.4, -0.2) is 49.5 Å². The van der Waals surface area contributed by atoms with Crippen LogP contribution in [0.15, 0.2) is 0 Å². The molecule has 0 amide bonds. The van der Waals surface area contributed by atoms with Gasteiger partial charge in [0.25, 0.3) is 0 Å². The van der Waals surface area contributed by atoms with E-state index in [-0.39, 0.29) is 33.6 Å². The van der Waals surface area contributed by atoms with Gasteiger partial charge in [-0.25, -0.2) is 0 Å². The van der Waals surface area contributed by atoms with E-state index in [0.29, 0.717) is 0 Å². The summed E-state index contributed by atoms with van der Waals surface area (Å²) in [7, 11) is 7.97. The fourth-order valence-corrected chi connectivity index (χ4v) is 6.57. The summed E-state index contributed by atoms with van der Waals surface area (Å²) >= 11 is 0. The van der Waals surface area contributed by atoms with E-state index in [0.717, 1.165) is 11.5 Å². The SMILES string of the molecule is C[N-]C.C[N-]C.C[N-]C[Si](C)(C)C1CCC[C@@H]1C.[CH3-].[Zr+4]. The molecular formula is C15H37N3SiZr. The van der Waals surface area contributed by atoms with Crippen molar-refractivity contribution in [1.29, 1.82) is 0 Å². The second-order valence-electron chi connectivity index (χ2n) is 5.87. The van der Waals surface area contributed by atoms with Gasteiger partial charge in [0, 0.05) is 8.07 Å². The largest absolute Gasteiger partial charge is 4.00 e. The molecule has 0 spiro atoms. The molecule has 5 heteroatoms. The number of hydrogen-bond donors (Lipinski definition) is 0. The summed E-state index contributed by atoms with van der Waals surface area (Å²) in [6, 6.07) is 0. The maximum atomic E-state index is 4.35. The van der Waals surface area contributed by atoms with E-state index in [9.17, 15) is 0 Å². The molecule has 0 N–H and O–H groups in total. The van der Waals surface area contributed by atoms with Crippen LogP contribution < -0.4 is 0 Å². The Kier molecular flexibility index (Phi) is 26.2. The van der Waals surface area contributed by atoms with Crippen LogP contribution >= 0.6 is 0 Å². The van der Waals surface area contributed by atoms with Gasteiger partial charge in [0.2, 0.25) is 0 Å². The molecule has 0 radical (unpaired) electrons. The molecule has 0 heterocycles. The van der Waals surface area contributed by atoms with Gasteiger partial charge in [-0.3, -0.25) is 0 Å². The van der Waals surface area contributed by atoms with Gasteiger partial charge in [0.15, 0.2) is 0 Å². The zero-order valence-electron chi connectivity index (χ0n) is 15.3. The van der Waals surface area contributed by atoms with Gasteiger partial charge in [0.05, 0.1) is 0 Å². The van der Waals surface area contributed by atoms with Crippen molar-refractivity contribution in [3.05, 3.63) is 23.4 Å². The Balaban J connectivity index is -0.000000139. The number of rotatable bonds is 3. The molecule has 3 nitrogen and oxygen atoms in total. The second kappa shape index (κ2) is 18.0. The van der Waals surface area contributed by atoms with Crippen molar-refractivity contribution in [2.75, 3.05) is 41.4 Å². The van der Waals surface area contributed by atoms with Crippen molar-refractivity contribution in [2.24, 2.45) is 5.92 Å². The van der Waals surface area contributed by atoms with Crippen molar-refractivity contribution in [2.45, 2.75) is 44.8 Å². The Bertz CT molecular complexity index is 179. The topological polar surface area (TPSA) is 42.3 Å². The zero-order valence-corrected chi connectivity index (χ0v) is 18.8. The van der Waals surface area contributed by atoms with Gasteiger partial charge in [-0.15, -0.1) is 0 Å². The van der Waals surface area contributed by atoms with E-state index >= 15 is 0 Å². The molecule has 0 aromatic rings. The van der Waals surface area contributed by atoms with Crippen LogP contribution in [0.4, 0.5) is 0 Å². The van der Waals surface area contributed by atoms with Crippen molar-refractivity contribution in [3.8, 4) is 0 Å². The molecule has 2 atom stereocenters. The van der Waals surface area contributed by atoms with E-state index in [4.69, 9.17) is 0 Å². The summed E-state index contributed by atoms with van der Waals surface area (Å²) in [5, 5.41) is 11.3. The molecule has 1 saturated carbocycles. The van der Waals surface area contributed by atoms with Crippen LogP contribution in [0.2, 0.25) is 18.6 Å². The standard InChI is InChI=1S/C10H22NSi.2C2H6N.CH3.Zr/c1-9-6-5-7-10(9)12(3,4)8-11-2;2*1-3-2;;/h9-10H,5-8H2,1-4H3;2*1-2H3;1H3;/q4*-1;+4/t9-,10?;;;;/m0..../s1. The average Bonchev–Trinajstić information content (AvgIpc) is 2.67. The van der Waals surface area contributed by atoms with Gasteiger partial charge in [-0.1, -0.05) is 39.3 Å². The van der Waals surface area contributed by atoms with Crippen LogP contribution in [0.3, 0.4) is 0 Å². The van der Waals surface area contributed by atoms with Gasteiger partial charge < -0.3 is 23.4 Å². The Hall–Kier alpha value is 0.980. The van der Waals surface area contributed by atoms with Gasteiger partial charge in [0.1, 0.15) is 0 Å². The molecule has 0 aromatic carbocycles. The molecule has 1 aliphatic rings. The van der Waals surface area contributed by atoms with Crippen LogP contribution in [0.1, 0.15) is 26.2 Å². The summed E-state index contributed by atoms with van der Waals surface area (Å²) in [6.45, 7) is 7.45. The quantitative estimate of drug-likeness (QED) is 0.483. The van der Waals surface area contributed by atoms with Gasteiger partial charge in [-0.2, -0.15) is 41.4 Å². The smallest absolute Gasteiger partial charge is 0.668 e. The van der Waals surface area contributed by atoms with Crippen molar-refractivity contribution < 1.29 is 26.2 Å². The van der Waals surface area contributed by atoms with Crippen LogP contribution in [0.25, 0.3) is 16.0 Å². The molecule has 0 bridgehead atoms. The third kappa shape index (κ3) is 13.9.